The van der Waals surface area contributed by atoms with E-state index >= 15 is 0 Å². The monoisotopic (exact) mass is 341 g/mol. The molecule has 7 heteroatoms. The lowest BCUT2D eigenvalue weighted by atomic mass is 10.2. The smallest absolute Gasteiger partial charge is 0.306 e. The summed E-state index contributed by atoms with van der Waals surface area (Å²) in [5.41, 5.74) is 0.850. The summed E-state index contributed by atoms with van der Waals surface area (Å²) in [5, 5.41) is 9.44. The third-order valence-corrected chi connectivity index (χ3v) is 3.88. The van der Waals surface area contributed by atoms with Crippen LogP contribution in [0.25, 0.3) is 0 Å². The maximum atomic E-state index is 12.5. The topological polar surface area (TPSA) is 76.1 Å². The van der Waals surface area contributed by atoms with E-state index in [1.807, 2.05) is 6.92 Å². The van der Waals surface area contributed by atoms with E-state index in [1.54, 1.807) is 30.0 Å². The maximum absolute atomic E-state index is 12.5. The average molecular weight is 342 g/mol. The number of carboxylic acids is 1. The van der Waals surface area contributed by atoms with E-state index in [1.165, 1.54) is 0 Å². The van der Waals surface area contributed by atoms with Crippen molar-refractivity contribution in [1.29, 1.82) is 0 Å². The molecule has 1 N–H and O–H groups in total. The summed E-state index contributed by atoms with van der Waals surface area (Å²) in [7, 11) is 0. The molecular formula is C16H20ClNO5. The summed E-state index contributed by atoms with van der Waals surface area (Å²) in [6.45, 7) is 4.56. The van der Waals surface area contributed by atoms with Gasteiger partial charge >= 0.3 is 5.97 Å². The van der Waals surface area contributed by atoms with Gasteiger partial charge in [0.15, 0.2) is 6.10 Å². The first kappa shape index (κ1) is 17.6. The van der Waals surface area contributed by atoms with Crippen LogP contribution in [-0.2, 0) is 14.3 Å². The highest BCUT2D eigenvalue weighted by Gasteiger charge is 2.29. The van der Waals surface area contributed by atoms with Crippen LogP contribution in [0, 0.1) is 6.92 Å². The molecule has 0 aliphatic carbocycles. The average Bonchev–Trinajstić information content (AvgIpc) is 2.49. The molecular weight excluding hydrogens is 322 g/mol. The molecule has 0 aromatic heterocycles. The van der Waals surface area contributed by atoms with Gasteiger partial charge in [0.2, 0.25) is 0 Å². The molecule has 1 aromatic rings. The number of amides is 1. The molecule has 23 heavy (non-hydrogen) atoms. The van der Waals surface area contributed by atoms with Gasteiger partial charge in [-0.2, -0.15) is 0 Å². The zero-order chi connectivity index (χ0) is 17.0. The summed E-state index contributed by atoms with van der Waals surface area (Å²) in [6, 6.07) is 5.21. The predicted molar refractivity (Wildman–Crippen MR) is 84.9 cm³/mol. The van der Waals surface area contributed by atoms with E-state index < -0.39 is 18.2 Å². The Labute approximate surface area is 139 Å². The van der Waals surface area contributed by atoms with E-state index in [0.717, 1.165) is 5.56 Å². The second-order valence-corrected chi connectivity index (χ2v) is 5.98. The second kappa shape index (κ2) is 7.66. The minimum absolute atomic E-state index is 0.116. The number of aryl methyl sites for hydroxylation is 1. The molecule has 0 radical (unpaired) electrons. The Hall–Kier alpha value is -1.79. The Morgan fingerprint density at radius 2 is 2.26 bits per heavy atom. The molecule has 0 spiro atoms. The van der Waals surface area contributed by atoms with E-state index in [2.05, 4.69) is 0 Å². The van der Waals surface area contributed by atoms with Gasteiger partial charge in [-0.15, -0.1) is 0 Å². The zero-order valence-corrected chi connectivity index (χ0v) is 13.9. The number of morpholine rings is 1. The fraction of sp³-hybridized carbons (Fsp3) is 0.500. The molecule has 1 aliphatic rings. The molecule has 1 saturated heterocycles. The number of benzene rings is 1. The van der Waals surface area contributed by atoms with Crippen molar-refractivity contribution in [3.8, 4) is 5.75 Å². The van der Waals surface area contributed by atoms with Gasteiger partial charge in [0.25, 0.3) is 5.91 Å². The van der Waals surface area contributed by atoms with Crippen LogP contribution < -0.4 is 4.74 Å². The van der Waals surface area contributed by atoms with Gasteiger partial charge in [-0.1, -0.05) is 11.6 Å². The van der Waals surface area contributed by atoms with E-state index in [9.17, 15) is 9.59 Å². The zero-order valence-electron chi connectivity index (χ0n) is 13.1. The molecule has 0 saturated carbocycles. The number of ether oxygens (including phenoxy) is 2. The first-order valence-corrected chi connectivity index (χ1v) is 7.79. The first-order valence-electron chi connectivity index (χ1n) is 7.42. The van der Waals surface area contributed by atoms with E-state index in [0.29, 0.717) is 23.9 Å². The van der Waals surface area contributed by atoms with Crippen molar-refractivity contribution >= 4 is 23.5 Å². The summed E-state index contributed by atoms with van der Waals surface area (Å²) >= 11 is 5.90. The van der Waals surface area contributed by atoms with Crippen molar-refractivity contribution in [3.05, 3.63) is 28.8 Å². The van der Waals surface area contributed by atoms with Crippen LogP contribution in [0.1, 0.15) is 18.9 Å². The Kier molecular flexibility index (Phi) is 5.85. The first-order chi connectivity index (χ1) is 10.9. The Bertz CT molecular complexity index is 592. The van der Waals surface area contributed by atoms with Gasteiger partial charge in [0.05, 0.1) is 19.1 Å². The van der Waals surface area contributed by atoms with Crippen LogP contribution in [0.2, 0.25) is 5.02 Å². The maximum Gasteiger partial charge on any atom is 0.306 e. The molecule has 6 nitrogen and oxygen atoms in total. The third-order valence-electron chi connectivity index (χ3n) is 3.64. The normalized spacial score (nSPS) is 19.3. The SMILES string of the molecule is Cc1cc(Cl)ccc1O[C@@H](C)C(=O)N1CCO[C@H](CC(=O)O)C1. The molecule has 2 atom stereocenters. The number of rotatable bonds is 5. The van der Waals surface area contributed by atoms with Crippen LogP contribution in [0.3, 0.4) is 0 Å². The third kappa shape index (κ3) is 4.84. The van der Waals surface area contributed by atoms with Gasteiger partial charge in [-0.25, -0.2) is 0 Å². The minimum Gasteiger partial charge on any atom is -0.481 e. The van der Waals surface area contributed by atoms with Crippen molar-refractivity contribution in [2.24, 2.45) is 0 Å². The van der Waals surface area contributed by atoms with Crippen molar-refractivity contribution in [3.63, 3.8) is 0 Å². The van der Waals surface area contributed by atoms with E-state index in [-0.39, 0.29) is 18.9 Å². The minimum atomic E-state index is -0.939. The Morgan fingerprint density at radius 3 is 2.91 bits per heavy atom. The van der Waals surface area contributed by atoms with Crippen LogP contribution in [0.4, 0.5) is 0 Å². The standard InChI is InChI=1S/C16H20ClNO5/c1-10-7-12(17)3-4-14(10)23-11(2)16(21)18-5-6-22-13(9-18)8-15(19)20/h3-4,7,11,13H,5-6,8-9H2,1-2H3,(H,19,20)/t11-,13+/m0/s1. The van der Waals surface area contributed by atoms with Crippen LogP contribution in [0.15, 0.2) is 18.2 Å². The molecule has 0 bridgehead atoms. The van der Waals surface area contributed by atoms with Gasteiger partial charge < -0.3 is 19.5 Å². The lowest BCUT2D eigenvalue weighted by Gasteiger charge is -2.33. The summed E-state index contributed by atoms with van der Waals surface area (Å²) < 4.78 is 11.1. The number of hydrogen-bond donors (Lipinski definition) is 1. The Balaban J connectivity index is 1.97. The number of carbonyl (C=O) groups excluding carboxylic acids is 1. The molecule has 2 rings (SSSR count). The number of halogens is 1. The van der Waals surface area contributed by atoms with Crippen LogP contribution in [-0.4, -0.2) is 53.8 Å². The highest BCUT2D eigenvalue weighted by atomic mass is 35.5. The van der Waals surface area contributed by atoms with Gasteiger partial charge in [0.1, 0.15) is 5.75 Å². The van der Waals surface area contributed by atoms with Gasteiger partial charge in [-0.05, 0) is 37.6 Å². The highest BCUT2D eigenvalue weighted by Crippen LogP contribution is 2.23. The molecule has 126 valence electrons. The number of nitrogens with zero attached hydrogens (tertiary/aromatic N) is 1. The molecule has 1 aliphatic heterocycles. The Morgan fingerprint density at radius 1 is 1.52 bits per heavy atom. The molecule has 1 fully saturated rings. The molecule has 1 aromatic carbocycles. The van der Waals surface area contributed by atoms with Crippen molar-refractivity contribution < 1.29 is 24.2 Å². The lowest BCUT2D eigenvalue weighted by molar-refractivity contribution is -0.151. The van der Waals surface area contributed by atoms with E-state index in [4.69, 9.17) is 26.2 Å². The lowest BCUT2D eigenvalue weighted by Crippen LogP contribution is -2.50. The van der Waals surface area contributed by atoms with Crippen LogP contribution in [0.5, 0.6) is 5.75 Å². The predicted octanol–water partition coefficient (Wildman–Crippen LogP) is 2.12. The second-order valence-electron chi connectivity index (χ2n) is 5.54. The number of aliphatic carboxylic acids is 1. The fourth-order valence-electron chi connectivity index (χ4n) is 2.48. The molecule has 1 heterocycles. The number of carbonyl (C=O) groups is 2. The number of hydrogen-bond acceptors (Lipinski definition) is 4. The van der Waals surface area contributed by atoms with Crippen molar-refractivity contribution in [2.75, 3.05) is 19.7 Å². The molecule has 0 unspecified atom stereocenters. The van der Waals surface area contributed by atoms with Gasteiger partial charge in [-0.3, -0.25) is 9.59 Å². The van der Waals surface area contributed by atoms with Crippen LogP contribution >= 0.6 is 11.6 Å². The summed E-state index contributed by atoms with van der Waals surface area (Å²) in [4.78, 5) is 24.8. The fourth-order valence-corrected chi connectivity index (χ4v) is 2.71. The summed E-state index contributed by atoms with van der Waals surface area (Å²) in [6.07, 6.45) is -1.26. The van der Waals surface area contributed by atoms with Crippen molar-refractivity contribution in [2.45, 2.75) is 32.5 Å². The summed E-state index contributed by atoms with van der Waals surface area (Å²) in [5.74, 6) is -0.519. The van der Waals surface area contributed by atoms with Crippen molar-refractivity contribution in [1.82, 2.24) is 4.90 Å². The number of carboxylic acid groups (broad SMARTS) is 1. The van der Waals surface area contributed by atoms with Gasteiger partial charge in [0, 0.05) is 18.1 Å². The quantitative estimate of drug-likeness (QED) is 0.887. The molecule has 1 amide bonds. The highest BCUT2D eigenvalue weighted by molar-refractivity contribution is 6.30. The largest absolute Gasteiger partial charge is 0.481 e.